The average molecular weight is 230 g/mol. The Bertz CT molecular complexity index is 413. The van der Waals surface area contributed by atoms with Crippen molar-refractivity contribution in [1.82, 2.24) is 5.32 Å². The minimum atomic E-state index is 0.726. The average Bonchev–Trinajstić information content (AvgIpc) is 2.81. The van der Waals surface area contributed by atoms with Crippen molar-refractivity contribution in [3.05, 3.63) is 29.3 Å². The minimum absolute atomic E-state index is 0.726. The van der Waals surface area contributed by atoms with Crippen LogP contribution in [0.25, 0.3) is 0 Å². The third-order valence-electron chi connectivity index (χ3n) is 4.52. The molecule has 0 bridgehead atoms. The highest BCUT2D eigenvalue weighted by molar-refractivity contribution is 5.57. The molecule has 17 heavy (non-hydrogen) atoms. The number of benzene rings is 1. The predicted molar refractivity (Wildman–Crippen MR) is 72.7 cm³/mol. The Kier molecular flexibility index (Phi) is 2.83. The van der Waals surface area contributed by atoms with Crippen molar-refractivity contribution < 1.29 is 0 Å². The Labute approximate surface area is 104 Å². The molecule has 3 rings (SSSR count). The third kappa shape index (κ3) is 1.85. The summed E-state index contributed by atoms with van der Waals surface area (Å²) in [7, 11) is 0. The zero-order valence-corrected chi connectivity index (χ0v) is 10.9. The number of hydrogen-bond acceptors (Lipinski definition) is 2. The second-order valence-corrected chi connectivity index (χ2v) is 5.47. The van der Waals surface area contributed by atoms with E-state index in [1.807, 2.05) is 0 Å². The summed E-state index contributed by atoms with van der Waals surface area (Å²) in [6.07, 6.45) is 4.08. The normalized spacial score (nSPS) is 28.2. The molecular weight excluding hydrogens is 208 g/mol. The fourth-order valence-electron chi connectivity index (χ4n) is 3.43. The second-order valence-electron chi connectivity index (χ2n) is 5.47. The van der Waals surface area contributed by atoms with E-state index >= 15 is 0 Å². The minimum Gasteiger partial charge on any atom is -0.365 e. The van der Waals surface area contributed by atoms with E-state index in [1.54, 1.807) is 0 Å². The number of anilines is 1. The molecule has 2 aliphatic rings. The van der Waals surface area contributed by atoms with Crippen LogP contribution in [-0.2, 0) is 0 Å². The molecule has 2 fully saturated rings. The summed E-state index contributed by atoms with van der Waals surface area (Å²) in [6.45, 7) is 6.77. The highest BCUT2D eigenvalue weighted by Crippen LogP contribution is 2.33. The first-order valence-corrected chi connectivity index (χ1v) is 6.83. The molecule has 0 unspecified atom stereocenters. The maximum Gasteiger partial charge on any atom is 0.0443 e. The van der Waals surface area contributed by atoms with Crippen LogP contribution >= 0.6 is 0 Å². The molecule has 1 saturated heterocycles. The van der Waals surface area contributed by atoms with Gasteiger partial charge in [-0.2, -0.15) is 0 Å². The first-order chi connectivity index (χ1) is 8.27. The molecule has 1 aliphatic heterocycles. The van der Waals surface area contributed by atoms with Crippen molar-refractivity contribution in [3.63, 3.8) is 0 Å². The van der Waals surface area contributed by atoms with Crippen LogP contribution in [0.15, 0.2) is 18.2 Å². The van der Waals surface area contributed by atoms with Gasteiger partial charge in [-0.25, -0.2) is 0 Å². The highest BCUT2D eigenvalue weighted by Gasteiger charge is 2.35. The largest absolute Gasteiger partial charge is 0.365 e. The van der Waals surface area contributed by atoms with Gasteiger partial charge in [-0.05, 0) is 50.3 Å². The van der Waals surface area contributed by atoms with Crippen LogP contribution in [0.2, 0.25) is 0 Å². The van der Waals surface area contributed by atoms with Gasteiger partial charge in [-0.15, -0.1) is 0 Å². The highest BCUT2D eigenvalue weighted by atomic mass is 15.2. The van der Waals surface area contributed by atoms with Gasteiger partial charge in [0.1, 0.15) is 0 Å². The summed E-state index contributed by atoms with van der Waals surface area (Å²) in [5.74, 6) is 0. The monoisotopic (exact) mass is 230 g/mol. The molecule has 2 heteroatoms. The van der Waals surface area contributed by atoms with E-state index in [0.29, 0.717) is 0 Å². The van der Waals surface area contributed by atoms with E-state index in [4.69, 9.17) is 0 Å². The molecule has 0 aromatic heterocycles. The summed E-state index contributed by atoms with van der Waals surface area (Å²) in [4.78, 5) is 2.65. The molecule has 1 aromatic rings. The fourth-order valence-corrected chi connectivity index (χ4v) is 3.43. The predicted octanol–water partition coefficient (Wildman–Crippen LogP) is 2.63. The Morgan fingerprint density at radius 3 is 3.00 bits per heavy atom. The van der Waals surface area contributed by atoms with Crippen LogP contribution in [0.5, 0.6) is 0 Å². The molecular formula is C15H22N2. The van der Waals surface area contributed by atoms with E-state index in [1.165, 1.54) is 36.1 Å². The van der Waals surface area contributed by atoms with Crippen molar-refractivity contribution in [1.29, 1.82) is 0 Å². The quantitative estimate of drug-likeness (QED) is 0.798. The van der Waals surface area contributed by atoms with Gasteiger partial charge in [-0.1, -0.05) is 12.1 Å². The van der Waals surface area contributed by atoms with Gasteiger partial charge >= 0.3 is 0 Å². The van der Waals surface area contributed by atoms with Gasteiger partial charge in [0.25, 0.3) is 0 Å². The smallest absolute Gasteiger partial charge is 0.0443 e. The van der Waals surface area contributed by atoms with E-state index < -0.39 is 0 Å². The number of piperazine rings is 1. The van der Waals surface area contributed by atoms with E-state index in [0.717, 1.165) is 25.2 Å². The van der Waals surface area contributed by atoms with Crippen molar-refractivity contribution >= 4 is 5.69 Å². The zero-order chi connectivity index (χ0) is 11.8. The summed E-state index contributed by atoms with van der Waals surface area (Å²) < 4.78 is 0. The maximum atomic E-state index is 3.67. The molecule has 92 valence electrons. The Balaban J connectivity index is 1.94. The van der Waals surface area contributed by atoms with Gasteiger partial charge in [0, 0.05) is 30.9 Å². The molecule has 0 radical (unpaired) electrons. The first kappa shape index (κ1) is 11.1. The summed E-state index contributed by atoms with van der Waals surface area (Å²) in [6, 6.07) is 8.16. The molecule has 0 amide bonds. The lowest BCUT2D eigenvalue weighted by Gasteiger charge is -2.41. The van der Waals surface area contributed by atoms with E-state index in [9.17, 15) is 0 Å². The number of nitrogens with zero attached hydrogens (tertiary/aromatic N) is 1. The van der Waals surface area contributed by atoms with Crippen LogP contribution in [-0.4, -0.2) is 25.2 Å². The first-order valence-electron chi connectivity index (χ1n) is 6.83. The van der Waals surface area contributed by atoms with Crippen LogP contribution in [0, 0.1) is 13.8 Å². The molecule has 2 atom stereocenters. The standard InChI is InChI=1S/C15H22N2/c1-11-5-3-7-14(12(11)2)17-10-9-16-13-6-4-8-15(13)17/h3,5,7,13,15-16H,4,6,8-10H2,1-2H3/t13-,15+/m1/s1. The molecule has 1 N–H and O–H groups in total. The van der Waals surface area contributed by atoms with Crippen molar-refractivity contribution in [2.75, 3.05) is 18.0 Å². The summed E-state index contributed by atoms with van der Waals surface area (Å²) in [5, 5.41) is 3.67. The van der Waals surface area contributed by atoms with Gasteiger partial charge < -0.3 is 10.2 Å². The van der Waals surface area contributed by atoms with Gasteiger partial charge in [0.05, 0.1) is 0 Å². The third-order valence-corrected chi connectivity index (χ3v) is 4.52. The number of hydrogen-bond donors (Lipinski definition) is 1. The lowest BCUT2D eigenvalue weighted by atomic mass is 10.0. The number of nitrogens with one attached hydrogen (secondary N) is 1. The van der Waals surface area contributed by atoms with Crippen molar-refractivity contribution in [2.24, 2.45) is 0 Å². The van der Waals surface area contributed by atoms with Crippen molar-refractivity contribution in [2.45, 2.75) is 45.2 Å². The SMILES string of the molecule is Cc1cccc(N2CCN[C@@H]3CCC[C@@H]32)c1C. The van der Waals surface area contributed by atoms with Crippen molar-refractivity contribution in [3.8, 4) is 0 Å². The number of fused-ring (bicyclic) bond motifs is 1. The lowest BCUT2D eigenvalue weighted by molar-refractivity contribution is 0.403. The van der Waals surface area contributed by atoms with Gasteiger partial charge in [-0.3, -0.25) is 0 Å². The van der Waals surface area contributed by atoms with Crippen LogP contribution in [0.1, 0.15) is 30.4 Å². The Morgan fingerprint density at radius 2 is 2.12 bits per heavy atom. The number of aryl methyl sites for hydroxylation is 1. The lowest BCUT2D eigenvalue weighted by Crippen LogP contribution is -2.55. The molecule has 2 nitrogen and oxygen atoms in total. The summed E-state index contributed by atoms with van der Waals surface area (Å²) in [5.41, 5.74) is 4.33. The molecule has 0 spiro atoms. The maximum absolute atomic E-state index is 3.67. The van der Waals surface area contributed by atoms with Crippen LogP contribution in [0.4, 0.5) is 5.69 Å². The topological polar surface area (TPSA) is 15.3 Å². The fraction of sp³-hybridized carbons (Fsp3) is 0.600. The second kappa shape index (κ2) is 4.34. The van der Waals surface area contributed by atoms with Crippen LogP contribution < -0.4 is 10.2 Å². The number of rotatable bonds is 1. The molecule has 1 aromatic carbocycles. The Hall–Kier alpha value is -1.02. The van der Waals surface area contributed by atoms with Gasteiger partial charge in [0.2, 0.25) is 0 Å². The molecule has 1 heterocycles. The molecule has 1 aliphatic carbocycles. The van der Waals surface area contributed by atoms with Crippen LogP contribution in [0.3, 0.4) is 0 Å². The van der Waals surface area contributed by atoms with Gasteiger partial charge in [0.15, 0.2) is 0 Å². The Morgan fingerprint density at radius 1 is 1.24 bits per heavy atom. The van der Waals surface area contributed by atoms with E-state index in [2.05, 4.69) is 42.3 Å². The summed E-state index contributed by atoms with van der Waals surface area (Å²) >= 11 is 0. The zero-order valence-electron chi connectivity index (χ0n) is 10.9. The molecule has 1 saturated carbocycles. The van der Waals surface area contributed by atoms with E-state index in [-0.39, 0.29) is 0 Å².